The van der Waals surface area contributed by atoms with Gasteiger partial charge in [-0.25, -0.2) is 0 Å². The first-order valence-electron chi connectivity index (χ1n) is 6.38. The van der Waals surface area contributed by atoms with Gasteiger partial charge in [0, 0.05) is 11.5 Å². The smallest absolute Gasteiger partial charge is 0.165 e. The SMILES string of the molecule is CC(C)C(C)C(=O)c1ccc(C(C)(C)C)cc1. The van der Waals surface area contributed by atoms with Gasteiger partial charge in [0.05, 0.1) is 0 Å². The van der Waals surface area contributed by atoms with Crippen LogP contribution in [0.5, 0.6) is 0 Å². The molecule has 0 aromatic heterocycles. The van der Waals surface area contributed by atoms with E-state index in [1.54, 1.807) is 0 Å². The summed E-state index contributed by atoms with van der Waals surface area (Å²) in [5.41, 5.74) is 2.25. The lowest BCUT2D eigenvalue weighted by atomic mass is 9.85. The Labute approximate surface area is 105 Å². The third kappa shape index (κ3) is 3.42. The lowest BCUT2D eigenvalue weighted by Crippen LogP contribution is -2.17. The van der Waals surface area contributed by atoms with Crippen LogP contribution in [0.3, 0.4) is 0 Å². The van der Waals surface area contributed by atoms with Gasteiger partial charge in [-0.1, -0.05) is 65.8 Å². The Hall–Kier alpha value is -1.11. The normalized spacial score (nSPS) is 13.8. The highest BCUT2D eigenvalue weighted by Crippen LogP contribution is 2.23. The summed E-state index contributed by atoms with van der Waals surface area (Å²) >= 11 is 0. The molecule has 0 heterocycles. The van der Waals surface area contributed by atoms with Crippen molar-refractivity contribution in [3.8, 4) is 0 Å². The zero-order chi connectivity index (χ0) is 13.2. The maximum absolute atomic E-state index is 12.1. The second kappa shape index (κ2) is 5.03. The van der Waals surface area contributed by atoms with Gasteiger partial charge in [0.25, 0.3) is 0 Å². The van der Waals surface area contributed by atoms with Gasteiger partial charge in [-0.3, -0.25) is 4.79 Å². The van der Waals surface area contributed by atoms with E-state index in [4.69, 9.17) is 0 Å². The molecule has 1 unspecified atom stereocenters. The monoisotopic (exact) mass is 232 g/mol. The van der Waals surface area contributed by atoms with E-state index in [1.165, 1.54) is 5.56 Å². The van der Waals surface area contributed by atoms with Gasteiger partial charge in [-0.2, -0.15) is 0 Å². The Morgan fingerprint density at radius 1 is 1.00 bits per heavy atom. The summed E-state index contributed by atoms with van der Waals surface area (Å²) in [6.45, 7) is 12.7. The minimum atomic E-state index is 0.0930. The Morgan fingerprint density at radius 3 is 1.82 bits per heavy atom. The lowest BCUT2D eigenvalue weighted by molar-refractivity contribution is 0.0899. The molecule has 0 fully saturated rings. The molecule has 0 saturated heterocycles. The van der Waals surface area contributed by atoms with E-state index in [0.29, 0.717) is 5.92 Å². The molecule has 1 aromatic carbocycles. The fourth-order valence-electron chi connectivity index (χ4n) is 1.70. The molecule has 0 amide bonds. The molecule has 94 valence electrons. The Kier molecular flexibility index (Phi) is 4.13. The zero-order valence-corrected chi connectivity index (χ0v) is 11.9. The van der Waals surface area contributed by atoms with Crippen LogP contribution in [0, 0.1) is 11.8 Å². The molecule has 1 heteroatoms. The quantitative estimate of drug-likeness (QED) is 0.703. The zero-order valence-electron chi connectivity index (χ0n) is 11.9. The summed E-state index contributed by atoms with van der Waals surface area (Å²) in [5.74, 6) is 0.737. The van der Waals surface area contributed by atoms with Crippen molar-refractivity contribution >= 4 is 5.78 Å². The first-order valence-corrected chi connectivity index (χ1v) is 6.38. The minimum absolute atomic E-state index is 0.0930. The third-order valence-electron chi connectivity index (χ3n) is 3.45. The summed E-state index contributed by atoms with van der Waals surface area (Å²) in [5, 5.41) is 0. The largest absolute Gasteiger partial charge is 0.294 e. The van der Waals surface area contributed by atoms with Gasteiger partial charge in [-0.05, 0) is 16.9 Å². The van der Waals surface area contributed by atoms with E-state index >= 15 is 0 Å². The van der Waals surface area contributed by atoms with Crippen molar-refractivity contribution in [3.05, 3.63) is 35.4 Å². The van der Waals surface area contributed by atoms with Crippen LogP contribution in [0.1, 0.15) is 57.5 Å². The molecule has 1 nitrogen and oxygen atoms in total. The first kappa shape index (κ1) is 14.0. The second-order valence-electron chi connectivity index (χ2n) is 6.22. The third-order valence-corrected chi connectivity index (χ3v) is 3.45. The number of hydrogen-bond donors (Lipinski definition) is 0. The molecule has 1 rings (SSSR count). The Morgan fingerprint density at radius 2 is 1.47 bits per heavy atom. The number of hydrogen-bond acceptors (Lipinski definition) is 1. The van der Waals surface area contributed by atoms with Gasteiger partial charge in [0.15, 0.2) is 5.78 Å². The topological polar surface area (TPSA) is 17.1 Å². The van der Waals surface area contributed by atoms with Crippen molar-refractivity contribution in [1.29, 1.82) is 0 Å². The van der Waals surface area contributed by atoms with Crippen molar-refractivity contribution in [1.82, 2.24) is 0 Å². The molecular formula is C16H24O. The molecule has 17 heavy (non-hydrogen) atoms. The Balaban J connectivity index is 2.92. The van der Waals surface area contributed by atoms with Crippen LogP contribution in [0.25, 0.3) is 0 Å². The van der Waals surface area contributed by atoms with E-state index in [9.17, 15) is 4.79 Å². The van der Waals surface area contributed by atoms with Gasteiger partial charge < -0.3 is 0 Å². The van der Waals surface area contributed by atoms with Crippen LogP contribution in [-0.4, -0.2) is 5.78 Å². The average molecular weight is 232 g/mol. The van der Waals surface area contributed by atoms with Crippen molar-refractivity contribution in [2.45, 2.75) is 47.0 Å². The second-order valence-corrected chi connectivity index (χ2v) is 6.22. The van der Waals surface area contributed by atoms with Crippen LogP contribution < -0.4 is 0 Å². The molecule has 0 bridgehead atoms. The molecule has 0 aliphatic carbocycles. The maximum atomic E-state index is 12.1. The van der Waals surface area contributed by atoms with Crippen molar-refractivity contribution in [3.63, 3.8) is 0 Å². The fraction of sp³-hybridized carbons (Fsp3) is 0.562. The highest BCUT2D eigenvalue weighted by molar-refractivity contribution is 5.97. The standard InChI is InChI=1S/C16H24O/c1-11(2)12(3)15(17)13-7-9-14(10-8-13)16(4,5)6/h7-12H,1-6H3. The van der Waals surface area contributed by atoms with Crippen LogP contribution in [0.4, 0.5) is 0 Å². The minimum Gasteiger partial charge on any atom is -0.294 e. The lowest BCUT2D eigenvalue weighted by Gasteiger charge is -2.20. The maximum Gasteiger partial charge on any atom is 0.165 e. The van der Waals surface area contributed by atoms with E-state index in [0.717, 1.165) is 5.56 Å². The van der Waals surface area contributed by atoms with Gasteiger partial charge in [0.2, 0.25) is 0 Å². The average Bonchev–Trinajstić information content (AvgIpc) is 2.26. The number of ketones is 1. The molecule has 0 radical (unpaired) electrons. The van der Waals surface area contributed by atoms with Gasteiger partial charge >= 0.3 is 0 Å². The highest BCUT2D eigenvalue weighted by Gasteiger charge is 2.19. The number of carbonyl (C=O) groups is 1. The molecule has 0 spiro atoms. The summed E-state index contributed by atoms with van der Waals surface area (Å²) in [7, 11) is 0. The summed E-state index contributed by atoms with van der Waals surface area (Å²) in [6, 6.07) is 8.06. The molecule has 0 aliphatic rings. The number of benzene rings is 1. The Bertz CT molecular complexity index is 379. The number of carbonyl (C=O) groups excluding carboxylic acids is 1. The van der Waals surface area contributed by atoms with E-state index in [-0.39, 0.29) is 17.1 Å². The fourth-order valence-corrected chi connectivity index (χ4v) is 1.70. The van der Waals surface area contributed by atoms with E-state index < -0.39 is 0 Å². The van der Waals surface area contributed by atoms with E-state index in [2.05, 4.69) is 46.8 Å². The van der Waals surface area contributed by atoms with E-state index in [1.807, 2.05) is 19.1 Å². The predicted molar refractivity (Wildman–Crippen MR) is 73.5 cm³/mol. The van der Waals surface area contributed by atoms with Crippen molar-refractivity contribution in [2.24, 2.45) is 11.8 Å². The summed E-state index contributed by atoms with van der Waals surface area (Å²) in [4.78, 5) is 12.1. The van der Waals surface area contributed by atoms with Crippen LogP contribution in [-0.2, 0) is 5.41 Å². The highest BCUT2D eigenvalue weighted by atomic mass is 16.1. The molecular weight excluding hydrogens is 208 g/mol. The predicted octanol–water partition coefficient (Wildman–Crippen LogP) is 4.46. The molecule has 0 saturated carbocycles. The molecule has 0 aliphatic heterocycles. The molecule has 1 aromatic rings. The number of Topliss-reactive ketones (excluding diaryl/α,β-unsaturated/α-hetero) is 1. The van der Waals surface area contributed by atoms with Crippen molar-refractivity contribution < 1.29 is 4.79 Å². The summed E-state index contributed by atoms with van der Waals surface area (Å²) < 4.78 is 0. The molecule has 0 N–H and O–H groups in total. The first-order chi connectivity index (χ1) is 7.73. The van der Waals surface area contributed by atoms with Crippen molar-refractivity contribution in [2.75, 3.05) is 0 Å². The van der Waals surface area contributed by atoms with Crippen LogP contribution >= 0.6 is 0 Å². The van der Waals surface area contributed by atoms with Gasteiger partial charge in [0.1, 0.15) is 0 Å². The van der Waals surface area contributed by atoms with Crippen LogP contribution in [0.2, 0.25) is 0 Å². The van der Waals surface area contributed by atoms with Crippen LogP contribution in [0.15, 0.2) is 24.3 Å². The molecule has 1 atom stereocenters. The van der Waals surface area contributed by atoms with Gasteiger partial charge in [-0.15, -0.1) is 0 Å². The number of rotatable bonds is 3. The summed E-state index contributed by atoms with van der Waals surface area (Å²) in [6.07, 6.45) is 0.